The quantitative estimate of drug-likeness (QED) is 0.855. The van der Waals surface area contributed by atoms with Crippen LogP contribution in [0, 0.1) is 13.8 Å². The number of nitrogens with zero attached hydrogens (tertiary/aromatic N) is 4. The van der Waals surface area contributed by atoms with Crippen LogP contribution in [0.4, 0.5) is 0 Å². The summed E-state index contributed by atoms with van der Waals surface area (Å²) in [7, 11) is 0. The van der Waals surface area contributed by atoms with Crippen molar-refractivity contribution in [3.05, 3.63) is 35.5 Å². The van der Waals surface area contributed by atoms with E-state index in [4.69, 9.17) is 4.42 Å². The molecule has 116 valence electrons. The number of carbonyl (C=O) groups is 1. The summed E-state index contributed by atoms with van der Waals surface area (Å²) in [6, 6.07) is 2.75. The molecule has 6 heteroatoms. The van der Waals surface area contributed by atoms with Crippen molar-refractivity contribution in [1.29, 1.82) is 0 Å². The zero-order valence-corrected chi connectivity index (χ0v) is 12.9. The Morgan fingerprint density at radius 3 is 2.32 bits per heavy atom. The van der Waals surface area contributed by atoms with E-state index >= 15 is 0 Å². The molecule has 0 saturated carbocycles. The van der Waals surface area contributed by atoms with Crippen molar-refractivity contribution in [3.8, 4) is 0 Å². The number of fused-ring (bicyclic) bond motifs is 2. The van der Waals surface area contributed by atoms with Gasteiger partial charge in [0.25, 0.3) is 5.91 Å². The molecule has 2 bridgehead atoms. The van der Waals surface area contributed by atoms with E-state index in [0.29, 0.717) is 11.6 Å². The van der Waals surface area contributed by atoms with Crippen LogP contribution < -0.4 is 0 Å². The highest BCUT2D eigenvalue weighted by Crippen LogP contribution is 2.41. The summed E-state index contributed by atoms with van der Waals surface area (Å²) in [5.41, 5.74) is 0.713. The van der Waals surface area contributed by atoms with Gasteiger partial charge in [-0.1, -0.05) is 0 Å². The molecule has 2 aromatic heterocycles. The third-order valence-electron chi connectivity index (χ3n) is 4.98. The normalized spacial score (nSPS) is 27.4. The molecule has 4 heterocycles. The van der Waals surface area contributed by atoms with E-state index in [1.54, 1.807) is 17.2 Å². The lowest BCUT2D eigenvalue weighted by molar-refractivity contribution is 0.0510. The Kier molecular flexibility index (Phi) is 3.06. The lowest BCUT2D eigenvalue weighted by Crippen LogP contribution is -2.47. The SMILES string of the molecule is Cc1cc(C(=O)N2C3CCC2CC(n2nccn2)C3)c(C)o1. The Morgan fingerprint density at radius 2 is 1.77 bits per heavy atom. The molecule has 4 rings (SSSR count). The van der Waals surface area contributed by atoms with Crippen LogP contribution in [0.5, 0.6) is 0 Å². The van der Waals surface area contributed by atoms with Gasteiger partial charge in [-0.3, -0.25) is 4.79 Å². The molecule has 2 fully saturated rings. The highest BCUT2D eigenvalue weighted by Gasteiger charge is 2.44. The Morgan fingerprint density at radius 1 is 1.14 bits per heavy atom. The molecule has 0 aliphatic carbocycles. The van der Waals surface area contributed by atoms with Crippen molar-refractivity contribution in [3.63, 3.8) is 0 Å². The fourth-order valence-corrected chi connectivity index (χ4v) is 4.07. The number of aryl methyl sites for hydroxylation is 2. The molecule has 2 aromatic rings. The minimum Gasteiger partial charge on any atom is -0.466 e. The molecule has 2 aliphatic heterocycles. The molecule has 6 nitrogen and oxygen atoms in total. The number of carbonyl (C=O) groups excluding carboxylic acids is 1. The molecule has 22 heavy (non-hydrogen) atoms. The number of rotatable bonds is 2. The predicted octanol–water partition coefficient (Wildman–Crippen LogP) is 2.50. The van der Waals surface area contributed by atoms with E-state index in [-0.39, 0.29) is 18.0 Å². The van der Waals surface area contributed by atoms with E-state index in [2.05, 4.69) is 15.1 Å². The zero-order chi connectivity index (χ0) is 15.3. The maximum Gasteiger partial charge on any atom is 0.257 e. The molecule has 0 aromatic carbocycles. The van der Waals surface area contributed by atoms with Gasteiger partial charge in [0.05, 0.1) is 24.0 Å². The topological polar surface area (TPSA) is 64.2 Å². The van der Waals surface area contributed by atoms with Crippen LogP contribution in [0.25, 0.3) is 0 Å². The van der Waals surface area contributed by atoms with Crippen molar-refractivity contribution in [2.45, 2.75) is 57.7 Å². The summed E-state index contributed by atoms with van der Waals surface area (Å²) in [5.74, 6) is 1.63. The van der Waals surface area contributed by atoms with Gasteiger partial charge in [-0.2, -0.15) is 15.0 Å². The van der Waals surface area contributed by atoms with E-state index in [0.717, 1.165) is 37.2 Å². The summed E-state index contributed by atoms with van der Waals surface area (Å²) in [4.78, 5) is 16.8. The van der Waals surface area contributed by atoms with Gasteiger partial charge in [0.1, 0.15) is 11.5 Å². The number of hydrogen-bond donors (Lipinski definition) is 0. The van der Waals surface area contributed by atoms with Gasteiger partial charge in [0, 0.05) is 12.1 Å². The van der Waals surface area contributed by atoms with E-state index in [1.165, 1.54) is 0 Å². The molecule has 0 radical (unpaired) electrons. The number of amides is 1. The van der Waals surface area contributed by atoms with E-state index < -0.39 is 0 Å². The third kappa shape index (κ3) is 2.05. The monoisotopic (exact) mass is 300 g/mol. The molecule has 2 unspecified atom stereocenters. The van der Waals surface area contributed by atoms with Crippen molar-refractivity contribution in [1.82, 2.24) is 19.9 Å². The smallest absolute Gasteiger partial charge is 0.257 e. The Bertz CT molecular complexity index is 677. The zero-order valence-electron chi connectivity index (χ0n) is 12.9. The maximum absolute atomic E-state index is 12.9. The van der Waals surface area contributed by atoms with Crippen LogP contribution in [0.1, 0.15) is 53.6 Å². The van der Waals surface area contributed by atoms with Crippen molar-refractivity contribution >= 4 is 5.91 Å². The Balaban J connectivity index is 1.58. The van der Waals surface area contributed by atoms with Crippen molar-refractivity contribution in [2.24, 2.45) is 0 Å². The number of furan rings is 1. The number of hydrogen-bond acceptors (Lipinski definition) is 4. The van der Waals surface area contributed by atoms with Gasteiger partial charge in [0.15, 0.2) is 0 Å². The first-order valence-corrected chi connectivity index (χ1v) is 7.89. The second kappa shape index (κ2) is 4.97. The molecule has 2 aliphatic rings. The summed E-state index contributed by atoms with van der Waals surface area (Å²) in [5, 5.41) is 8.54. The third-order valence-corrected chi connectivity index (χ3v) is 4.98. The molecule has 1 amide bonds. The summed E-state index contributed by atoms with van der Waals surface area (Å²) in [6.45, 7) is 3.75. The second-order valence-electron chi connectivity index (χ2n) is 6.40. The first-order valence-electron chi connectivity index (χ1n) is 7.89. The molecular formula is C16H20N4O2. The van der Waals surface area contributed by atoms with Crippen LogP contribution in [0.2, 0.25) is 0 Å². The molecule has 0 N–H and O–H groups in total. The van der Waals surface area contributed by atoms with Gasteiger partial charge in [-0.25, -0.2) is 0 Å². The van der Waals surface area contributed by atoms with Crippen LogP contribution in [0.15, 0.2) is 22.9 Å². The van der Waals surface area contributed by atoms with Gasteiger partial charge >= 0.3 is 0 Å². The lowest BCUT2D eigenvalue weighted by Gasteiger charge is -2.38. The molecule has 0 spiro atoms. The summed E-state index contributed by atoms with van der Waals surface area (Å²) < 4.78 is 5.53. The lowest BCUT2D eigenvalue weighted by atomic mass is 9.97. The van der Waals surface area contributed by atoms with Gasteiger partial charge in [-0.05, 0) is 45.6 Å². The van der Waals surface area contributed by atoms with E-state index in [9.17, 15) is 4.79 Å². The summed E-state index contributed by atoms with van der Waals surface area (Å²) >= 11 is 0. The second-order valence-corrected chi connectivity index (χ2v) is 6.40. The Labute approximate surface area is 129 Å². The fraction of sp³-hybridized carbons (Fsp3) is 0.562. The highest BCUT2D eigenvalue weighted by atomic mass is 16.3. The van der Waals surface area contributed by atoms with Crippen molar-refractivity contribution < 1.29 is 9.21 Å². The maximum atomic E-state index is 12.9. The number of aromatic nitrogens is 3. The van der Waals surface area contributed by atoms with E-state index in [1.807, 2.05) is 19.9 Å². The fourth-order valence-electron chi connectivity index (χ4n) is 4.07. The van der Waals surface area contributed by atoms with Crippen LogP contribution >= 0.6 is 0 Å². The average molecular weight is 300 g/mol. The number of piperidine rings is 1. The minimum absolute atomic E-state index is 0.119. The van der Waals surface area contributed by atoms with Gasteiger partial charge < -0.3 is 9.32 Å². The first-order chi connectivity index (χ1) is 10.6. The van der Waals surface area contributed by atoms with Gasteiger partial charge in [-0.15, -0.1) is 0 Å². The molecule has 2 saturated heterocycles. The largest absolute Gasteiger partial charge is 0.466 e. The molecule has 2 atom stereocenters. The predicted molar refractivity (Wildman–Crippen MR) is 79.5 cm³/mol. The van der Waals surface area contributed by atoms with Crippen LogP contribution in [-0.4, -0.2) is 37.9 Å². The minimum atomic E-state index is 0.119. The summed E-state index contributed by atoms with van der Waals surface area (Å²) in [6.07, 6.45) is 7.46. The molecular weight excluding hydrogens is 280 g/mol. The van der Waals surface area contributed by atoms with Crippen LogP contribution in [-0.2, 0) is 0 Å². The average Bonchev–Trinajstić information content (AvgIpc) is 3.18. The van der Waals surface area contributed by atoms with Crippen molar-refractivity contribution in [2.75, 3.05) is 0 Å². The van der Waals surface area contributed by atoms with Crippen LogP contribution in [0.3, 0.4) is 0 Å². The first kappa shape index (κ1) is 13.5. The highest BCUT2D eigenvalue weighted by molar-refractivity contribution is 5.96. The van der Waals surface area contributed by atoms with Gasteiger partial charge in [0.2, 0.25) is 0 Å². The standard InChI is InChI=1S/C16H20N4O2/c1-10-7-15(11(2)22-10)16(21)19-12-3-4-13(19)9-14(8-12)20-17-5-6-18-20/h5-7,12-14H,3-4,8-9H2,1-2H3. The Hall–Kier alpha value is -2.11.